The summed E-state index contributed by atoms with van der Waals surface area (Å²) in [5.41, 5.74) is 0.598. The fourth-order valence-corrected chi connectivity index (χ4v) is 4.95. The van der Waals surface area contributed by atoms with Crippen LogP contribution in [0.25, 0.3) is 0 Å². The molecule has 0 aliphatic carbocycles. The highest BCUT2D eigenvalue weighted by molar-refractivity contribution is 7.89. The summed E-state index contributed by atoms with van der Waals surface area (Å²) in [6, 6.07) is 5.28. The Balaban J connectivity index is 2.31. The highest BCUT2D eigenvalue weighted by Crippen LogP contribution is 2.32. The molecule has 1 aromatic carbocycles. The van der Waals surface area contributed by atoms with E-state index in [4.69, 9.17) is 4.74 Å². The highest BCUT2D eigenvalue weighted by atomic mass is 32.2. The maximum Gasteiger partial charge on any atom is 0.246 e. The number of amides is 1. The second-order valence-electron chi connectivity index (χ2n) is 8.51. The van der Waals surface area contributed by atoms with E-state index in [2.05, 4.69) is 5.32 Å². The predicted molar refractivity (Wildman–Crippen MR) is 106 cm³/mol. The molecule has 152 valence electrons. The summed E-state index contributed by atoms with van der Waals surface area (Å²) in [4.78, 5) is 12.7. The molecular formula is C20H32N2O4S. The first-order valence-electron chi connectivity index (χ1n) is 9.46. The summed E-state index contributed by atoms with van der Waals surface area (Å²) in [6.07, 6.45) is 1.35. The third kappa shape index (κ3) is 5.23. The van der Waals surface area contributed by atoms with E-state index in [1.165, 1.54) is 11.4 Å². The molecule has 7 heteroatoms. The van der Waals surface area contributed by atoms with Crippen molar-refractivity contribution in [3.63, 3.8) is 0 Å². The van der Waals surface area contributed by atoms with E-state index in [-0.39, 0.29) is 34.7 Å². The topological polar surface area (TPSA) is 75.7 Å². The average Bonchev–Trinajstić information content (AvgIpc) is 2.59. The molecule has 0 bridgehead atoms. The summed E-state index contributed by atoms with van der Waals surface area (Å²) in [5.74, 6) is 0.106. The third-order valence-corrected chi connectivity index (χ3v) is 6.61. The number of ether oxygens (including phenoxy) is 1. The van der Waals surface area contributed by atoms with Crippen molar-refractivity contribution in [2.24, 2.45) is 5.92 Å². The van der Waals surface area contributed by atoms with Gasteiger partial charge < -0.3 is 10.1 Å². The Morgan fingerprint density at radius 2 is 1.96 bits per heavy atom. The molecule has 27 heavy (non-hydrogen) atoms. The number of nitrogens with one attached hydrogen (secondary N) is 1. The van der Waals surface area contributed by atoms with Crippen LogP contribution < -0.4 is 10.1 Å². The van der Waals surface area contributed by atoms with Crippen molar-refractivity contribution in [3.05, 3.63) is 23.8 Å². The molecule has 6 nitrogen and oxygen atoms in total. The van der Waals surface area contributed by atoms with Gasteiger partial charge in [-0.05, 0) is 57.2 Å². The van der Waals surface area contributed by atoms with Crippen molar-refractivity contribution in [1.82, 2.24) is 9.62 Å². The first-order chi connectivity index (χ1) is 12.5. The van der Waals surface area contributed by atoms with Gasteiger partial charge in [0.2, 0.25) is 15.9 Å². The van der Waals surface area contributed by atoms with Crippen molar-refractivity contribution in [1.29, 1.82) is 0 Å². The van der Waals surface area contributed by atoms with Crippen molar-refractivity contribution in [3.8, 4) is 5.75 Å². The maximum absolute atomic E-state index is 13.3. The molecule has 1 aromatic rings. The Bertz CT molecular complexity index is 782. The minimum atomic E-state index is -3.74. The van der Waals surface area contributed by atoms with Crippen LogP contribution in [-0.2, 0) is 14.8 Å². The lowest BCUT2D eigenvalue weighted by molar-refractivity contribution is -0.127. The monoisotopic (exact) mass is 396 g/mol. The minimum Gasteiger partial charge on any atom is -0.495 e. The number of piperidine rings is 1. The first kappa shape index (κ1) is 21.7. The summed E-state index contributed by atoms with van der Waals surface area (Å²) >= 11 is 0. The van der Waals surface area contributed by atoms with E-state index in [9.17, 15) is 13.2 Å². The van der Waals surface area contributed by atoms with Gasteiger partial charge in [0, 0.05) is 18.6 Å². The molecule has 2 rings (SSSR count). The van der Waals surface area contributed by atoms with Gasteiger partial charge in [-0.25, -0.2) is 8.42 Å². The van der Waals surface area contributed by atoms with Crippen LogP contribution in [0.2, 0.25) is 0 Å². The van der Waals surface area contributed by atoms with Gasteiger partial charge in [-0.2, -0.15) is 4.31 Å². The standard InChI is InChI=1S/C20H32N2O4S/c1-14(2)15-9-10-17(26-6)18(12-15)27(24,25)22-11-7-8-16(13-22)19(23)21-20(3,4)5/h9-10,12,14,16H,7-8,11,13H2,1-6H3,(H,21,23)/t16-/m0/s1. The SMILES string of the molecule is COc1ccc(C(C)C)cc1S(=O)(=O)N1CCC[C@H](C(=O)NC(C)(C)C)C1. The quantitative estimate of drug-likeness (QED) is 0.830. The molecule has 0 radical (unpaired) electrons. The minimum absolute atomic E-state index is 0.0923. The fourth-order valence-electron chi connectivity index (χ4n) is 3.24. The number of carbonyl (C=O) groups is 1. The van der Waals surface area contributed by atoms with Gasteiger partial charge >= 0.3 is 0 Å². The third-order valence-electron chi connectivity index (χ3n) is 4.73. The number of benzene rings is 1. The number of hydrogen-bond acceptors (Lipinski definition) is 4. The van der Waals surface area contributed by atoms with Crippen LogP contribution in [0, 0.1) is 5.92 Å². The molecule has 1 N–H and O–H groups in total. The molecular weight excluding hydrogens is 364 g/mol. The highest BCUT2D eigenvalue weighted by Gasteiger charge is 2.35. The van der Waals surface area contributed by atoms with Crippen molar-refractivity contribution in [2.45, 2.75) is 63.8 Å². The molecule has 0 saturated carbocycles. The van der Waals surface area contributed by atoms with Crippen LogP contribution >= 0.6 is 0 Å². The first-order valence-corrected chi connectivity index (χ1v) is 10.9. The van der Waals surface area contributed by atoms with Crippen LogP contribution in [0.15, 0.2) is 23.1 Å². The van der Waals surface area contributed by atoms with Crippen molar-refractivity contribution >= 4 is 15.9 Å². The summed E-state index contributed by atoms with van der Waals surface area (Å²) in [5, 5.41) is 2.96. The summed E-state index contributed by atoms with van der Waals surface area (Å²) < 4.78 is 33.4. The molecule has 0 unspecified atom stereocenters. The lowest BCUT2D eigenvalue weighted by Crippen LogP contribution is -2.49. The molecule has 0 aromatic heterocycles. The maximum atomic E-state index is 13.3. The van der Waals surface area contributed by atoms with Gasteiger partial charge in [0.05, 0.1) is 13.0 Å². The van der Waals surface area contributed by atoms with Gasteiger partial charge in [-0.3, -0.25) is 4.79 Å². The van der Waals surface area contributed by atoms with Gasteiger partial charge in [0.25, 0.3) is 0 Å². The van der Waals surface area contributed by atoms with Crippen molar-refractivity contribution in [2.75, 3.05) is 20.2 Å². The van der Waals surface area contributed by atoms with E-state index >= 15 is 0 Å². The van der Waals surface area contributed by atoms with Crippen LogP contribution in [0.1, 0.15) is 58.9 Å². The zero-order valence-corrected chi connectivity index (χ0v) is 18.0. The second-order valence-corrected chi connectivity index (χ2v) is 10.4. The predicted octanol–water partition coefficient (Wildman–Crippen LogP) is 3.13. The van der Waals surface area contributed by atoms with E-state index in [0.717, 1.165) is 5.56 Å². The largest absolute Gasteiger partial charge is 0.495 e. The van der Waals surface area contributed by atoms with Gasteiger partial charge in [-0.15, -0.1) is 0 Å². The molecule has 1 fully saturated rings. The number of methoxy groups -OCH3 is 1. The Morgan fingerprint density at radius 3 is 2.52 bits per heavy atom. The normalized spacial score (nSPS) is 19.1. The van der Waals surface area contributed by atoms with Gasteiger partial charge in [0.15, 0.2) is 0 Å². The van der Waals surface area contributed by atoms with E-state index in [0.29, 0.717) is 25.1 Å². The van der Waals surface area contributed by atoms with Gasteiger partial charge in [-0.1, -0.05) is 19.9 Å². The molecule has 1 aliphatic rings. The fraction of sp³-hybridized carbons (Fsp3) is 0.650. The number of rotatable bonds is 5. The molecule has 1 amide bonds. The van der Waals surface area contributed by atoms with Crippen LogP contribution in [-0.4, -0.2) is 44.4 Å². The zero-order chi connectivity index (χ0) is 20.4. The molecule has 1 heterocycles. The van der Waals surface area contributed by atoms with Crippen molar-refractivity contribution < 1.29 is 17.9 Å². The van der Waals surface area contributed by atoms with E-state index in [1.807, 2.05) is 40.7 Å². The summed E-state index contributed by atoms with van der Waals surface area (Å²) in [6.45, 7) is 10.4. The smallest absolute Gasteiger partial charge is 0.246 e. The Labute approximate surface area is 163 Å². The van der Waals surface area contributed by atoms with Crippen LogP contribution in [0.5, 0.6) is 5.75 Å². The number of hydrogen-bond donors (Lipinski definition) is 1. The number of sulfonamides is 1. The van der Waals surface area contributed by atoms with E-state index < -0.39 is 10.0 Å². The average molecular weight is 397 g/mol. The molecule has 1 aliphatic heterocycles. The lowest BCUT2D eigenvalue weighted by Gasteiger charge is -2.33. The molecule has 1 saturated heterocycles. The Morgan fingerprint density at radius 1 is 1.30 bits per heavy atom. The Hall–Kier alpha value is -1.60. The summed E-state index contributed by atoms with van der Waals surface area (Å²) in [7, 11) is -2.27. The van der Waals surface area contributed by atoms with Crippen LogP contribution in [0.3, 0.4) is 0 Å². The zero-order valence-electron chi connectivity index (χ0n) is 17.2. The Kier molecular flexibility index (Phi) is 6.58. The van der Waals surface area contributed by atoms with Crippen LogP contribution in [0.4, 0.5) is 0 Å². The second kappa shape index (κ2) is 8.19. The van der Waals surface area contributed by atoms with E-state index in [1.54, 1.807) is 12.1 Å². The molecule has 0 spiro atoms. The molecule has 1 atom stereocenters. The number of carbonyl (C=O) groups excluding carboxylic acids is 1. The lowest BCUT2D eigenvalue weighted by atomic mass is 9.97. The van der Waals surface area contributed by atoms with Gasteiger partial charge in [0.1, 0.15) is 10.6 Å². The number of nitrogens with zero attached hydrogens (tertiary/aromatic N) is 1.